The maximum Gasteiger partial charge on any atom is 0.305 e. The first kappa shape index (κ1) is 78.1. The second-order valence-electron chi connectivity index (χ2n) is 24.9. The van der Waals surface area contributed by atoms with Gasteiger partial charge in [0.05, 0.1) is 25.4 Å². The third-order valence-electron chi connectivity index (χ3n) is 16.9. The summed E-state index contributed by atoms with van der Waals surface area (Å²) in [7, 11) is 0. The van der Waals surface area contributed by atoms with Gasteiger partial charge in [0.25, 0.3) is 0 Å². The number of rotatable bonds is 68. The molecule has 0 aliphatic heterocycles. The van der Waals surface area contributed by atoms with Crippen LogP contribution in [-0.4, -0.2) is 47.4 Å². The molecule has 472 valence electrons. The topological polar surface area (TPSA) is 95.9 Å². The van der Waals surface area contributed by atoms with E-state index in [4.69, 9.17) is 4.74 Å². The summed E-state index contributed by atoms with van der Waals surface area (Å²) < 4.78 is 5.49. The number of unbranched alkanes of at least 4 members (excludes halogenated alkanes) is 53. The fourth-order valence-electron chi connectivity index (χ4n) is 11.3. The fourth-order valence-corrected chi connectivity index (χ4v) is 11.3. The predicted octanol–water partition coefficient (Wildman–Crippen LogP) is 23.5. The van der Waals surface area contributed by atoms with E-state index >= 15 is 0 Å². The fraction of sp³-hybridized carbons (Fsp3) is 0.892. The highest BCUT2D eigenvalue weighted by Gasteiger charge is 2.18. The molecule has 0 saturated heterocycles. The lowest BCUT2D eigenvalue weighted by molar-refractivity contribution is -0.143. The monoisotopic (exact) mass is 1120 g/mol. The highest BCUT2D eigenvalue weighted by Crippen LogP contribution is 2.18. The van der Waals surface area contributed by atoms with Crippen LogP contribution in [0, 0.1) is 0 Å². The predicted molar refractivity (Wildman–Crippen MR) is 352 cm³/mol. The average molecular weight is 1120 g/mol. The van der Waals surface area contributed by atoms with Gasteiger partial charge >= 0.3 is 5.97 Å². The maximum absolute atomic E-state index is 12.5. The average Bonchev–Trinajstić information content (AvgIpc) is 3.46. The lowest BCUT2D eigenvalue weighted by atomic mass is 10.0. The minimum absolute atomic E-state index is 0.00624. The van der Waals surface area contributed by atoms with E-state index < -0.39 is 12.1 Å². The first-order chi connectivity index (χ1) is 39.5. The lowest BCUT2D eigenvalue weighted by Gasteiger charge is -2.20. The van der Waals surface area contributed by atoms with E-state index in [1.807, 2.05) is 6.08 Å². The van der Waals surface area contributed by atoms with Crippen molar-refractivity contribution in [2.75, 3.05) is 13.2 Å². The first-order valence-corrected chi connectivity index (χ1v) is 36.3. The number of ether oxygens (including phenoxy) is 1. The number of hydrogen-bond donors (Lipinski definition) is 3. The molecule has 6 nitrogen and oxygen atoms in total. The molecule has 0 rings (SSSR count). The molecule has 0 aromatic carbocycles. The summed E-state index contributed by atoms with van der Waals surface area (Å²) in [6.07, 6.45) is 89.4. The van der Waals surface area contributed by atoms with Crippen LogP contribution in [-0.2, 0) is 14.3 Å². The second kappa shape index (κ2) is 69.6. The summed E-state index contributed by atoms with van der Waals surface area (Å²) >= 11 is 0. The van der Waals surface area contributed by atoms with Gasteiger partial charge in [-0.05, 0) is 83.5 Å². The number of aliphatic hydroxyl groups is 2. The molecule has 0 heterocycles. The molecule has 0 aromatic rings. The molecular weight excluding hydrogens is 983 g/mol. The Morgan fingerprint density at radius 3 is 0.887 bits per heavy atom. The van der Waals surface area contributed by atoms with Crippen LogP contribution in [0.1, 0.15) is 399 Å². The zero-order valence-electron chi connectivity index (χ0n) is 54.1. The van der Waals surface area contributed by atoms with Crippen molar-refractivity contribution >= 4 is 11.9 Å². The Hall–Kier alpha value is -1.92. The van der Waals surface area contributed by atoms with Crippen LogP contribution in [0.5, 0.6) is 0 Å². The van der Waals surface area contributed by atoms with Gasteiger partial charge in [-0.25, -0.2) is 0 Å². The summed E-state index contributed by atoms with van der Waals surface area (Å²) in [5.74, 6) is -0.0611. The maximum atomic E-state index is 12.5. The minimum Gasteiger partial charge on any atom is -0.466 e. The van der Waals surface area contributed by atoms with Crippen molar-refractivity contribution in [1.29, 1.82) is 0 Å². The van der Waals surface area contributed by atoms with E-state index in [1.54, 1.807) is 6.08 Å². The molecule has 2 atom stereocenters. The van der Waals surface area contributed by atoms with E-state index in [0.29, 0.717) is 19.4 Å². The van der Waals surface area contributed by atoms with E-state index in [-0.39, 0.29) is 18.5 Å². The molecule has 3 N–H and O–H groups in total. The number of aliphatic hydroxyl groups excluding tert-OH is 2. The Bertz CT molecular complexity index is 1300. The largest absolute Gasteiger partial charge is 0.466 e. The van der Waals surface area contributed by atoms with E-state index in [9.17, 15) is 19.8 Å². The minimum atomic E-state index is -0.848. The molecule has 0 fully saturated rings. The normalized spacial score (nSPS) is 12.7. The van der Waals surface area contributed by atoms with Crippen LogP contribution < -0.4 is 5.32 Å². The van der Waals surface area contributed by atoms with Crippen molar-refractivity contribution in [2.24, 2.45) is 0 Å². The quantitative estimate of drug-likeness (QED) is 0.0320. The highest BCUT2D eigenvalue weighted by molar-refractivity contribution is 5.76. The SMILES string of the molecule is CCCCCCCCC/C=C\CCCCCCCC(=O)OCCCCCCCCCCCCCC/C=C\CCCCCCCCCCCC(=O)NC(CO)C(O)/C=C/CCCCCCCCCCCCCCCCCCCCCC. The van der Waals surface area contributed by atoms with Gasteiger partial charge in [-0.1, -0.05) is 339 Å². The molecular formula is C74H141NO5. The van der Waals surface area contributed by atoms with Gasteiger partial charge < -0.3 is 20.3 Å². The van der Waals surface area contributed by atoms with Crippen molar-refractivity contribution in [3.8, 4) is 0 Å². The van der Waals surface area contributed by atoms with Crippen LogP contribution in [0.25, 0.3) is 0 Å². The zero-order chi connectivity index (χ0) is 57.8. The summed E-state index contributed by atoms with van der Waals surface area (Å²) in [5, 5.41) is 23.3. The van der Waals surface area contributed by atoms with E-state index in [1.165, 1.54) is 327 Å². The van der Waals surface area contributed by atoms with Crippen molar-refractivity contribution in [2.45, 2.75) is 411 Å². The molecule has 0 radical (unpaired) electrons. The molecule has 0 saturated carbocycles. The molecule has 0 spiro atoms. The number of esters is 1. The Kier molecular flexibility index (Phi) is 67.9. The van der Waals surface area contributed by atoms with Crippen LogP contribution in [0.15, 0.2) is 36.5 Å². The molecule has 80 heavy (non-hydrogen) atoms. The molecule has 2 unspecified atom stereocenters. The highest BCUT2D eigenvalue weighted by atomic mass is 16.5. The Balaban J connectivity index is 3.42. The van der Waals surface area contributed by atoms with Crippen molar-refractivity contribution in [1.82, 2.24) is 5.32 Å². The first-order valence-electron chi connectivity index (χ1n) is 36.3. The van der Waals surface area contributed by atoms with Crippen molar-refractivity contribution < 1.29 is 24.5 Å². The summed E-state index contributed by atoms with van der Waals surface area (Å²) in [6.45, 7) is 4.93. The number of carbonyl (C=O) groups is 2. The van der Waals surface area contributed by atoms with Crippen LogP contribution in [0.4, 0.5) is 0 Å². The van der Waals surface area contributed by atoms with Gasteiger partial charge in [-0.3, -0.25) is 9.59 Å². The zero-order valence-corrected chi connectivity index (χ0v) is 54.1. The Morgan fingerprint density at radius 2 is 0.588 bits per heavy atom. The van der Waals surface area contributed by atoms with Crippen molar-refractivity contribution in [3.05, 3.63) is 36.5 Å². The molecule has 1 amide bonds. The van der Waals surface area contributed by atoms with E-state index in [2.05, 4.69) is 43.5 Å². The lowest BCUT2D eigenvalue weighted by Crippen LogP contribution is -2.45. The summed E-state index contributed by atoms with van der Waals surface area (Å²) in [4.78, 5) is 24.6. The van der Waals surface area contributed by atoms with Crippen LogP contribution in [0.2, 0.25) is 0 Å². The smallest absolute Gasteiger partial charge is 0.305 e. The van der Waals surface area contributed by atoms with Crippen LogP contribution in [0.3, 0.4) is 0 Å². The van der Waals surface area contributed by atoms with Crippen molar-refractivity contribution in [3.63, 3.8) is 0 Å². The number of nitrogens with one attached hydrogen (secondary N) is 1. The molecule has 0 bridgehead atoms. The van der Waals surface area contributed by atoms with Gasteiger partial charge in [-0.2, -0.15) is 0 Å². The third-order valence-corrected chi connectivity index (χ3v) is 16.9. The van der Waals surface area contributed by atoms with Gasteiger partial charge in [0.2, 0.25) is 5.91 Å². The number of carbonyl (C=O) groups excluding carboxylic acids is 2. The summed E-state index contributed by atoms with van der Waals surface area (Å²) in [5.41, 5.74) is 0. The van der Waals surface area contributed by atoms with Gasteiger partial charge in [0.15, 0.2) is 0 Å². The summed E-state index contributed by atoms with van der Waals surface area (Å²) in [6, 6.07) is -0.632. The standard InChI is InChI=1S/C74H141NO5/c1-3-5-7-9-11-13-15-17-19-21-22-23-29-32-35-38-42-46-50-54-58-62-66-72(77)71(70-76)75-73(78)67-63-59-55-51-47-43-39-36-33-30-27-25-24-26-28-31-34-37-41-45-49-53-57-61-65-69-80-74(79)68-64-60-56-52-48-44-40-20-18-16-14-12-10-8-6-4-2/h20,25,27,40,62,66,71-72,76-77H,3-19,21-24,26,28-39,41-61,63-65,67-70H2,1-2H3,(H,75,78)/b27-25-,40-20-,66-62+. The van der Waals surface area contributed by atoms with Gasteiger partial charge in [-0.15, -0.1) is 0 Å². The Labute approximate surface area is 500 Å². The molecule has 0 aromatic heterocycles. The van der Waals surface area contributed by atoms with Crippen LogP contribution >= 0.6 is 0 Å². The van der Waals surface area contributed by atoms with Gasteiger partial charge in [0, 0.05) is 12.8 Å². The molecule has 0 aliphatic rings. The number of hydrogen-bond acceptors (Lipinski definition) is 5. The number of allylic oxidation sites excluding steroid dienone is 5. The molecule has 0 aliphatic carbocycles. The third kappa shape index (κ3) is 65.2. The van der Waals surface area contributed by atoms with Gasteiger partial charge in [0.1, 0.15) is 0 Å². The second-order valence-corrected chi connectivity index (χ2v) is 24.9. The van der Waals surface area contributed by atoms with E-state index in [0.717, 1.165) is 44.9 Å². The number of amides is 1. The Morgan fingerprint density at radius 1 is 0.338 bits per heavy atom. The molecule has 6 heteroatoms.